The molecule has 1 heterocycles. The Morgan fingerprint density at radius 2 is 2.15 bits per heavy atom. The third-order valence-electron chi connectivity index (χ3n) is 3.39. The van der Waals surface area contributed by atoms with E-state index >= 15 is 0 Å². The molecule has 0 saturated carbocycles. The number of hydrogen-bond donors (Lipinski definition) is 1. The Kier molecular flexibility index (Phi) is 5.64. The van der Waals surface area contributed by atoms with Crippen molar-refractivity contribution in [2.75, 3.05) is 18.5 Å². The van der Waals surface area contributed by atoms with E-state index < -0.39 is 0 Å². The van der Waals surface area contributed by atoms with Gasteiger partial charge in [0.1, 0.15) is 0 Å². The molecule has 1 N–H and O–H groups in total. The van der Waals surface area contributed by atoms with Crippen LogP contribution in [0.1, 0.15) is 31.0 Å². The van der Waals surface area contributed by atoms with Gasteiger partial charge >= 0.3 is 0 Å². The molecule has 0 spiro atoms. The summed E-state index contributed by atoms with van der Waals surface area (Å²) in [5.41, 5.74) is 3.89. The van der Waals surface area contributed by atoms with E-state index in [4.69, 9.17) is 0 Å². The van der Waals surface area contributed by atoms with Crippen LogP contribution in [0.25, 0.3) is 0 Å². The second kappa shape index (κ2) is 7.25. The van der Waals surface area contributed by atoms with Gasteiger partial charge in [0.15, 0.2) is 0 Å². The first-order valence-electron chi connectivity index (χ1n) is 6.87. The average Bonchev–Trinajstić information content (AvgIpc) is 2.91. The van der Waals surface area contributed by atoms with Crippen molar-refractivity contribution in [2.24, 2.45) is 0 Å². The standard InChI is InChI=1S/C16H21BrN2S/c1-4-18-12(2)14-5-6-16(15(17)9-14)19(3)10-13-7-8-20-11-13/h5-9,11-12,18H,4,10H2,1-3H3. The molecule has 0 saturated heterocycles. The van der Waals surface area contributed by atoms with Gasteiger partial charge in [-0.3, -0.25) is 0 Å². The predicted octanol–water partition coefficient (Wildman–Crippen LogP) is 4.82. The molecule has 0 bridgehead atoms. The Balaban J connectivity index is 2.12. The minimum absolute atomic E-state index is 0.382. The molecule has 4 heteroatoms. The van der Waals surface area contributed by atoms with Crippen LogP contribution in [0.2, 0.25) is 0 Å². The van der Waals surface area contributed by atoms with E-state index in [0.29, 0.717) is 6.04 Å². The predicted molar refractivity (Wildman–Crippen MR) is 92.7 cm³/mol. The van der Waals surface area contributed by atoms with Crippen LogP contribution in [0.15, 0.2) is 39.5 Å². The lowest BCUT2D eigenvalue weighted by Crippen LogP contribution is -2.19. The van der Waals surface area contributed by atoms with Crippen LogP contribution >= 0.6 is 27.3 Å². The van der Waals surface area contributed by atoms with E-state index in [0.717, 1.165) is 17.6 Å². The largest absolute Gasteiger partial charge is 0.369 e. The molecule has 1 aromatic carbocycles. The lowest BCUT2D eigenvalue weighted by atomic mass is 10.1. The number of benzene rings is 1. The van der Waals surface area contributed by atoms with Gasteiger partial charge in [-0.15, -0.1) is 0 Å². The summed E-state index contributed by atoms with van der Waals surface area (Å²) in [7, 11) is 2.13. The first-order valence-corrected chi connectivity index (χ1v) is 8.60. The Morgan fingerprint density at radius 1 is 1.35 bits per heavy atom. The maximum atomic E-state index is 3.70. The van der Waals surface area contributed by atoms with Crippen LogP contribution in [-0.2, 0) is 6.54 Å². The van der Waals surface area contributed by atoms with E-state index in [1.165, 1.54) is 16.8 Å². The molecule has 0 amide bonds. The first-order chi connectivity index (χ1) is 9.61. The van der Waals surface area contributed by atoms with Gasteiger partial charge in [-0.25, -0.2) is 0 Å². The molecule has 1 aromatic heterocycles. The summed E-state index contributed by atoms with van der Waals surface area (Å²) < 4.78 is 1.15. The van der Waals surface area contributed by atoms with E-state index in [-0.39, 0.29) is 0 Å². The van der Waals surface area contributed by atoms with E-state index in [9.17, 15) is 0 Å². The van der Waals surface area contributed by atoms with Crippen molar-refractivity contribution < 1.29 is 0 Å². The number of rotatable bonds is 6. The maximum Gasteiger partial charge on any atom is 0.0511 e. The van der Waals surface area contributed by atoms with Crippen molar-refractivity contribution in [1.82, 2.24) is 5.32 Å². The Labute approximate surface area is 133 Å². The van der Waals surface area contributed by atoms with Gasteiger partial charge in [-0.2, -0.15) is 11.3 Å². The van der Waals surface area contributed by atoms with Crippen molar-refractivity contribution in [1.29, 1.82) is 0 Å². The molecule has 0 aliphatic rings. The second-order valence-electron chi connectivity index (χ2n) is 4.98. The number of hydrogen-bond acceptors (Lipinski definition) is 3. The molecule has 20 heavy (non-hydrogen) atoms. The summed E-state index contributed by atoms with van der Waals surface area (Å²) in [6.07, 6.45) is 0. The number of halogens is 1. The minimum Gasteiger partial charge on any atom is -0.369 e. The van der Waals surface area contributed by atoms with Gasteiger partial charge in [-0.05, 0) is 69.5 Å². The molecule has 0 fully saturated rings. The molecule has 0 aliphatic heterocycles. The topological polar surface area (TPSA) is 15.3 Å². The average molecular weight is 353 g/mol. The van der Waals surface area contributed by atoms with Gasteiger partial charge in [0, 0.05) is 24.1 Å². The molecule has 0 aliphatic carbocycles. The van der Waals surface area contributed by atoms with Gasteiger partial charge in [0.25, 0.3) is 0 Å². The van der Waals surface area contributed by atoms with E-state index in [1.54, 1.807) is 11.3 Å². The third kappa shape index (κ3) is 3.84. The summed E-state index contributed by atoms with van der Waals surface area (Å²) in [5, 5.41) is 7.77. The van der Waals surface area contributed by atoms with Crippen molar-refractivity contribution >= 4 is 33.0 Å². The number of nitrogens with zero attached hydrogens (tertiary/aromatic N) is 1. The first kappa shape index (κ1) is 15.5. The summed E-state index contributed by atoms with van der Waals surface area (Å²) in [6, 6.07) is 9.17. The molecular formula is C16H21BrN2S. The molecule has 2 rings (SSSR count). The van der Waals surface area contributed by atoms with Gasteiger partial charge in [-0.1, -0.05) is 13.0 Å². The Morgan fingerprint density at radius 3 is 2.75 bits per heavy atom. The van der Waals surface area contributed by atoms with Gasteiger partial charge in [0.05, 0.1) is 5.69 Å². The third-order valence-corrected chi connectivity index (χ3v) is 4.76. The van der Waals surface area contributed by atoms with E-state index in [2.05, 4.69) is 82.1 Å². The van der Waals surface area contributed by atoms with Crippen molar-refractivity contribution in [2.45, 2.75) is 26.4 Å². The summed E-state index contributed by atoms with van der Waals surface area (Å²) in [4.78, 5) is 2.27. The Bertz CT molecular complexity index is 539. The molecule has 2 nitrogen and oxygen atoms in total. The van der Waals surface area contributed by atoms with Crippen molar-refractivity contribution in [3.63, 3.8) is 0 Å². The van der Waals surface area contributed by atoms with Crippen LogP contribution < -0.4 is 10.2 Å². The van der Waals surface area contributed by atoms with Gasteiger partial charge in [0.2, 0.25) is 0 Å². The second-order valence-corrected chi connectivity index (χ2v) is 6.61. The highest BCUT2D eigenvalue weighted by molar-refractivity contribution is 9.10. The van der Waals surface area contributed by atoms with Crippen LogP contribution in [0.3, 0.4) is 0 Å². The lowest BCUT2D eigenvalue weighted by Gasteiger charge is -2.22. The van der Waals surface area contributed by atoms with Crippen molar-refractivity contribution in [3.8, 4) is 0 Å². The fourth-order valence-electron chi connectivity index (χ4n) is 2.27. The summed E-state index contributed by atoms with van der Waals surface area (Å²) >= 11 is 5.45. The van der Waals surface area contributed by atoms with Crippen molar-refractivity contribution in [3.05, 3.63) is 50.6 Å². The lowest BCUT2D eigenvalue weighted by molar-refractivity contribution is 0.598. The highest BCUT2D eigenvalue weighted by Crippen LogP contribution is 2.29. The maximum absolute atomic E-state index is 3.70. The highest BCUT2D eigenvalue weighted by atomic mass is 79.9. The monoisotopic (exact) mass is 352 g/mol. The van der Waals surface area contributed by atoms with Crippen LogP contribution in [0.4, 0.5) is 5.69 Å². The zero-order valence-electron chi connectivity index (χ0n) is 12.2. The van der Waals surface area contributed by atoms with Crippen LogP contribution in [0, 0.1) is 0 Å². The smallest absolute Gasteiger partial charge is 0.0511 e. The SMILES string of the molecule is CCNC(C)c1ccc(N(C)Cc2ccsc2)c(Br)c1. The number of nitrogens with one attached hydrogen (secondary N) is 1. The minimum atomic E-state index is 0.382. The number of anilines is 1. The zero-order valence-corrected chi connectivity index (χ0v) is 14.6. The zero-order chi connectivity index (χ0) is 14.5. The normalized spacial score (nSPS) is 12.4. The molecule has 1 atom stereocenters. The molecule has 0 radical (unpaired) electrons. The molecule has 1 unspecified atom stereocenters. The fourth-order valence-corrected chi connectivity index (χ4v) is 3.63. The number of thiophene rings is 1. The quantitative estimate of drug-likeness (QED) is 0.801. The molecule has 2 aromatic rings. The highest BCUT2D eigenvalue weighted by Gasteiger charge is 2.10. The fraction of sp³-hybridized carbons (Fsp3) is 0.375. The Hall–Kier alpha value is -0.840. The van der Waals surface area contributed by atoms with Gasteiger partial charge < -0.3 is 10.2 Å². The van der Waals surface area contributed by atoms with Crippen LogP contribution in [-0.4, -0.2) is 13.6 Å². The van der Waals surface area contributed by atoms with Crippen LogP contribution in [0.5, 0.6) is 0 Å². The summed E-state index contributed by atoms with van der Waals surface area (Å²) in [5.74, 6) is 0. The molecular weight excluding hydrogens is 332 g/mol. The summed E-state index contributed by atoms with van der Waals surface area (Å²) in [6.45, 7) is 6.25. The molecule has 108 valence electrons. The van der Waals surface area contributed by atoms with E-state index in [1.807, 2.05) is 0 Å².